The van der Waals surface area contributed by atoms with Crippen LogP contribution in [0.5, 0.6) is 0 Å². The lowest BCUT2D eigenvalue weighted by molar-refractivity contribution is 0.667. The van der Waals surface area contributed by atoms with Crippen molar-refractivity contribution in [1.82, 2.24) is 9.97 Å². The number of thiophene rings is 2. The van der Waals surface area contributed by atoms with Crippen molar-refractivity contribution in [2.24, 2.45) is 0 Å². The molecule has 0 saturated heterocycles. The lowest BCUT2D eigenvalue weighted by atomic mass is 9.97. The monoisotopic (exact) mass is 708 g/mol. The van der Waals surface area contributed by atoms with Gasteiger partial charge in [-0.2, -0.15) is 0 Å². The number of aromatic nitrogens is 2. The molecule has 0 atom stereocenters. The highest BCUT2D eigenvalue weighted by Gasteiger charge is 2.18. The van der Waals surface area contributed by atoms with Crippen LogP contribution in [0.4, 0.5) is 0 Å². The molecule has 0 radical (unpaired) electrons. The molecule has 0 unspecified atom stereocenters. The fraction of sp³-hybridized carbons (Fsp3) is 0. The Morgan fingerprint density at radius 2 is 1.06 bits per heavy atom. The van der Waals surface area contributed by atoms with Crippen LogP contribution < -0.4 is 0 Å². The molecular formula is C46H26N2OS2. The number of rotatable bonds is 4. The lowest BCUT2D eigenvalue weighted by Gasteiger charge is -2.08. The molecule has 0 fully saturated rings. The van der Waals surface area contributed by atoms with Crippen molar-refractivity contribution in [2.75, 3.05) is 0 Å². The Balaban J connectivity index is 1.14. The van der Waals surface area contributed by atoms with Gasteiger partial charge in [0, 0.05) is 51.3 Å². The molecule has 0 saturated carbocycles. The first-order valence-corrected chi connectivity index (χ1v) is 16.8. The summed E-state index contributed by atoms with van der Waals surface area (Å²) in [7, 11) is 0. The summed E-state index contributed by atoms with van der Waals surface area (Å²) in [6.07, 6.45) is 1.08. The molecule has 11 rings (SSSR count). The second-order valence-electron chi connectivity index (χ2n) is 11.2. The van der Waals surface area contributed by atoms with Crippen LogP contribution in [0.3, 0.4) is 0 Å². The molecule has 11 aromatic rings. The molecule has 51 heavy (non-hydrogen) atoms. The number of furan rings is 1. The quantitative estimate of drug-likeness (QED) is 0.183. The minimum absolute atomic E-state index is 0.00124. The van der Waals surface area contributed by atoms with Gasteiger partial charge < -0.3 is 4.42 Å². The number of benzene rings is 7. The molecule has 4 heterocycles. The maximum absolute atomic E-state index is 9.59. The molecule has 0 spiro atoms. The first-order valence-electron chi connectivity index (χ1n) is 26.2. The number of fused-ring (bicyclic) bond motifs is 9. The molecule has 0 aliphatic rings. The Morgan fingerprint density at radius 1 is 0.490 bits per heavy atom. The topological polar surface area (TPSA) is 38.9 Å². The van der Waals surface area contributed by atoms with Crippen molar-refractivity contribution < 1.29 is 34.6 Å². The molecule has 0 bridgehead atoms. The Labute approximate surface area is 331 Å². The summed E-state index contributed by atoms with van der Waals surface area (Å²) in [5.74, 6) is 0. The second-order valence-corrected chi connectivity index (χ2v) is 13.3. The van der Waals surface area contributed by atoms with Gasteiger partial charge in [0.05, 0.1) is 30.2 Å². The Kier molecular flexibility index (Phi) is 3.20. The fourth-order valence-electron chi connectivity index (χ4n) is 6.12. The average Bonchev–Trinajstić information content (AvgIpc) is 4.08. The van der Waals surface area contributed by atoms with Crippen LogP contribution in [-0.2, 0) is 0 Å². The third-order valence-electron chi connectivity index (χ3n) is 8.40. The van der Waals surface area contributed by atoms with Crippen LogP contribution in [0.15, 0.2) is 162 Å². The van der Waals surface area contributed by atoms with Gasteiger partial charge in [0.1, 0.15) is 23.1 Å². The van der Waals surface area contributed by atoms with E-state index in [9.17, 15) is 2.74 Å². The minimum atomic E-state index is -0.724. The molecule has 3 nitrogen and oxygen atoms in total. The molecule has 7 aromatic carbocycles. The molecule has 0 amide bonds. The lowest BCUT2D eigenvalue weighted by Crippen LogP contribution is -1.88. The SMILES string of the molecule is [2H]c1c([2H])c(-c2ccc3oc4c(-c5c([2H])c([2H])c([2H])c(-c6c([2H])c([2H])c([2H])c7c6sc6c([2H])c([2H])c([2H])c([2H])c67)c5[2H])ncnc4c3c2)c([2H])c(-c2c([2H])c([2H])c([2H])c3c2sc2c([2H])c([2H])c([2H])c([2H])c23)c1[2H]. The maximum atomic E-state index is 9.59. The molecule has 4 aromatic heterocycles. The zero-order chi connectivity index (χ0) is 52.6. The van der Waals surface area contributed by atoms with Crippen molar-refractivity contribution in [3.63, 3.8) is 0 Å². The maximum Gasteiger partial charge on any atom is 0.180 e. The van der Waals surface area contributed by atoms with Crippen LogP contribution in [-0.4, -0.2) is 9.97 Å². The molecule has 0 aliphatic carbocycles. The van der Waals surface area contributed by atoms with Crippen LogP contribution in [0.25, 0.3) is 107 Å². The van der Waals surface area contributed by atoms with Crippen LogP contribution in [0, 0.1) is 0 Å². The summed E-state index contributed by atoms with van der Waals surface area (Å²) in [5.41, 5.74) is -1.95. The van der Waals surface area contributed by atoms with Crippen molar-refractivity contribution in [3.05, 3.63) is 157 Å². The Bertz CT molecular complexity index is 4430. The zero-order valence-electron chi connectivity index (χ0n) is 47.4. The zero-order valence-corrected chi connectivity index (χ0v) is 27.1. The van der Waals surface area contributed by atoms with E-state index >= 15 is 0 Å². The molecule has 0 N–H and O–H groups in total. The minimum Gasteiger partial charge on any atom is -0.452 e. The smallest absolute Gasteiger partial charge is 0.180 e. The van der Waals surface area contributed by atoms with Crippen LogP contribution in [0.1, 0.15) is 30.2 Å². The van der Waals surface area contributed by atoms with Crippen molar-refractivity contribution in [1.29, 1.82) is 0 Å². The van der Waals surface area contributed by atoms with Gasteiger partial charge in [0.15, 0.2) is 5.58 Å². The van der Waals surface area contributed by atoms with Crippen LogP contribution >= 0.6 is 22.7 Å². The number of hydrogen-bond donors (Lipinski definition) is 0. The van der Waals surface area contributed by atoms with Gasteiger partial charge >= 0.3 is 0 Å². The van der Waals surface area contributed by atoms with Gasteiger partial charge in [0.25, 0.3) is 0 Å². The first kappa shape index (κ1) is 14.6. The van der Waals surface area contributed by atoms with Gasteiger partial charge in [0.2, 0.25) is 0 Å². The van der Waals surface area contributed by atoms with Crippen LogP contribution in [0.2, 0.25) is 0 Å². The van der Waals surface area contributed by atoms with E-state index in [4.69, 9.17) is 31.8 Å². The molecule has 0 aliphatic heterocycles. The van der Waals surface area contributed by atoms with Crippen molar-refractivity contribution in [2.45, 2.75) is 0 Å². The van der Waals surface area contributed by atoms with E-state index in [1.807, 2.05) is 0 Å². The number of hydrogen-bond acceptors (Lipinski definition) is 5. The fourth-order valence-corrected chi connectivity index (χ4v) is 8.26. The highest BCUT2D eigenvalue weighted by molar-refractivity contribution is 7.26. The summed E-state index contributed by atoms with van der Waals surface area (Å²) >= 11 is 1.56. The predicted molar refractivity (Wildman–Crippen MR) is 217 cm³/mol. The third-order valence-corrected chi connectivity index (χ3v) is 10.6. The molecule has 5 heteroatoms. The standard InChI is InChI=1S/C46H26N2OS2/c1-3-19-40-34(13-1)36-17-7-15-32(45(36)50-40)29-10-5-9-27(23-29)28-21-22-39-38(25-28)43-44(49-39)42(47-26-48-43)31-12-6-11-30(24-31)33-16-8-18-37-35-14-2-4-20-41(35)51-46(33)37/h1-26H/i1D,2D,3D,4D,5D,6D,7D,8D,9D,10D,11D,12D,13D,14D,15D,16D,17D,18D,19D,20D,23D,24D. The van der Waals surface area contributed by atoms with Gasteiger partial charge in [-0.1, -0.05) is 115 Å². The summed E-state index contributed by atoms with van der Waals surface area (Å²) in [6.45, 7) is 0. The highest BCUT2D eigenvalue weighted by atomic mass is 32.1. The third kappa shape index (κ3) is 4.49. The summed E-state index contributed by atoms with van der Waals surface area (Å²) in [5, 5.41) is -0.170. The van der Waals surface area contributed by atoms with Gasteiger partial charge in [-0.3, -0.25) is 0 Å². The van der Waals surface area contributed by atoms with E-state index in [1.165, 1.54) is 18.2 Å². The van der Waals surface area contributed by atoms with E-state index in [0.29, 0.717) is 0 Å². The van der Waals surface area contributed by atoms with E-state index < -0.39 is 138 Å². The summed E-state index contributed by atoms with van der Waals surface area (Å²) < 4.78 is 200. The molecule has 238 valence electrons. The largest absolute Gasteiger partial charge is 0.452 e. The second kappa shape index (κ2) is 11.2. The van der Waals surface area contributed by atoms with E-state index in [-0.39, 0.29) is 101 Å². The van der Waals surface area contributed by atoms with Gasteiger partial charge in [-0.15, -0.1) is 22.7 Å². The van der Waals surface area contributed by atoms with Gasteiger partial charge in [-0.25, -0.2) is 9.97 Å². The molecular weight excluding hydrogens is 661 g/mol. The van der Waals surface area contributed by atoms with E-state index in [2.05, 4.69) is 9.97 Å². The first-order chi connectivity index (χ1) is 34.4. The Morgan fingerprint density at radius 3 is 1.75 bits per heavy atom. The van der Waals surface area contributed by atoms with Crippen molar-refractivity contribution in [3.8, 4) is 44.6 Å². The average molecular weight is 709 g/mol. The van der Waals surface area contributed by atoms with E-state index in [1.54, 1.807) is 0 Å². The van der Waals surface area contributed by atoms with Gasteiger partial charge in [-0.05, 0) is 69.7 Å². The number of nitrogens with zero attached hydrogens (tertiary/aromatic N) is 2. The highest BCUT2D eigenvalue weighted by Crippen LogP contribution is 2.43. The Hall–Kier alpha value is -6.14. The predicted octanol–water partition coefficient (Wildman–Crippen LogP) is 13.8. The van der Waals surface area contributed by atoms with E-state index in [0.717, 1.165) is 29.0 Å². The summed E-state index contributed by atoms with van der Waals surface area (Å²) in [4.78, 5) is 8.79. The summed E-state index contributed by atoms with van der Waals surface area (Å²) in [6, 6.07) is -8.57. The van der Waals surface area contributed by atoms with Crippen molar-refractivity contribution >= 4 is 85.1 Å². The normalized spacial score (nSPS) is 18.0.